The summed E-state index contributed by atoms with van der Waals surface area (Å²) in [5.74, 6) is -0.797. The molecule has 0 bridgehead atoms. The Morgan fingerprint density at radius 2 is 1.96 bits per heavy atom. The average Bonchev–Trinajstić information content (AvgIpc) is 3.17. The van der Waals surface area contributed by atoms with E-state index in [9.17, 15) is 14.4 Å². The van der Waals surface area contributed by atoms with Gasteiger partial charge in [-0.2, -0.15) is 0 Å². The highest BCUT2D eigenvalue weighted by Crippen LogP contribution is 2.28. The van der Waals surface area contributed by atoms with Crippen molar-refractivity contribution in [2.75, 3.05) is 6.54 Å². The van der Waals surface area contributed by atoms with Crippen molar-refractivity contribution in [3.05, 3.63) is 58.3 Å². The number of rotatable bonds is 5. The zero-order chi connectivity index (χ0) is 17.2. The van der Waals surface area contributed by atoms with Gasteiger partial charge in [0.05, 0.1) is 6.54 Å². The molecule has 0 saturated carbocycles. The van der Waals surface area contributed by atoms with Crippen LogP contribution in [0, 0.1) is 0 Å². The summed E-state index contributed by atoms with van der Waals surface area (Å²) in [6.07, 6.45) is 0. The topological polar surface area (TPSA) is 78.5 Å². The summed E-state index contributed by atoms with van der Waals surface area (Å²) in [5, 5.41) is 7.32. The van der Waals surface area contributed by atoms with Crippen LogP contribution in [0.4, 0.5) is 4.79 Å². The summed E-state index contributed by atoms with van der Waals surface area (Å²) in [6, 6.07) is 12.2. The van der Waals surface area contributed by atoms with E-state index in [2.05, 4.69) is 10.6 Å². The smallest absolute Gasteiger partial charge is 0.325 e. The molecule has 1 aliphatic rings. The Balaban J connectivity index is 1.67. The molecular weight excluding hydrogens is 326 g/mol. The molecule has 0 radical (unpaired) electrons. The van der Waals surface area contributed by atoms with Crippen LogP contribution in [-0.2, 0) is 21.7 Å². The lowest BCUT2D eigenvalue weighted by atomic mass is 9.92. The second-order valence-corrected chi connectivity index (χ2v) is 6.70. The summed E-state index contributed by atoms with van der Waals surface area (Å²) in [6.45, 7) is 1.74. The maximum Gasteiger partial charge on any atom is 0.325 e. The van der Waals surface area contributed by atoms with Crippen molar-refractivity contribution in [1.29, 1.82) is 0 Å². The van der Waals surface area contributed by atoms with Crippen LogP contribution in [0.2, 0.25) is 0 Å². The minimum absolute atomic E-state index is 0.293. The number of imide groups is 1. The number of thiophene rings is 1. The molecule has 2 N–H and O–H groups in total. The largest absolute Gasteiger partial charge is 0.350 e. The van der Waals surface area contributed by atoms with Crippen LogP contribution in [0.15, 0.2) is 47.8 Å². The van der Waals surface area contributed by atoms with Gasteiger partial charge in [0.2, 0.25) is 5.91 Å². The Kier molecular flexibility index (Phi) is 4.35. The third-order valence-electron chi connectivity index (χ3n) is 3.97. The van der Waals surface area contributed by atoms with E-state index in [1.165, 1.54) is 11.3 Å². The monoisotopic (exact) mass is 343 g/mol. The molecule has 4 amide bonds. The Morgan fingerprint density at radius 1 is 1.21 bits per heavy atom. The third-order valence-corrected chi connectivity index (χ3v) is 4.84. The van der Waals surface area contributed by atoms with Gasteiger partial charge in [0.25, 0.3) is 5.91 Å². The molecule has 0 aliphatic carbocycles. The van der Waals surface area contributed by atoms with Crippen molar-refractivity contribution < 1.29 is 14.4 Å². The van der Waals surface area contributed by atoms with E-state index in [0.29, 0.717) is 12.1 Å². The van der Waals surface area contributed by atoms with Crippen LogP contribution in [0.25, 0.3) is 0 Å². The van der Waals surface area contributed by atoms with Crippen molar-refractivity contribution in [3.8, 4) is 0 Å². The first-order valence-electron chi connectivity index (χ1n) is 7.49. The molecule has 6 nitrogen and oxygen atoms in total. The number of carbonyl (C=O) groups is 3. The van der Waals surface area contributed by atoms with Gasteiger partial charge in [-0.25, -0.2) is 4.79 Å². The summed E-state index contributed by atoms with van der Waals surface area (Å²) >= 11 is 1.53. The van der Waals surface area contributed by atoms with Gasteiger partial charge in [-0.1, -0.05) is 36.4 Å². The summed E-state index contributed by atoms with van der Waals surface area (Å²) in [5.41, 5.74) is -0.461. The van der Waals surface area contributed by atoms with Crippen LogP contribution in [0.1, 0.15) is 17.4 Å². The number of hydrogen-bond donors (Lipinski definition) is 2. The molecule has 1 aliphatic heterocycles. The van der Waals surface area contributed by atoms with Crippen LogP contribution in [0.3, 0.4) is 0 Å². The Labute approximate surface area is 143 Å². The van der Waals surface area contributed by atoms with Gasteiger partial charge in [-0.05, 0) is 23.9 Å². The third kappa shape index (κ3) is 3.03. The summed E-state index contributed by atoms with van der Waals surface area (Å²) in [7, 11) is 0. The molecule has 2 heterocycles. The number of amides is 4. The zero-order valence-corrected chi connectivity index (χ0v) is 13.9. The zero-order valence-electron chi connectivity index (χ0n) is 13.1. The van der Waals surface area contributed by atoms with E-state index in [-0.39, 0.29) is 12.5 Å². The number of benzene rings is 1. The first-order valence-corrected chi connectivity index (χ1v) is 8.37. The number of nitrogens with one attached hydrogen (secondary N) is 2. The second-order valence-electron chi connectivity index (χ2n) is 5.67. The molecule has 1 saturated heterocycles. The van der Waals surface area contributed by atoms with Crippen molar-refractivity contribution in [2.45, 2.75) is 19.0 Å². The van der Waals surface area contributed by atoms with Crippen LogP contribution >= 0.6 is 11.3 Å². The maximum atomic E-state index is 12.7. The quantitative estimate of drug-likeness (QED) is 0.813. The van der Waals surface area contributed by atoms with Gasteiger partial charge in [-0.3, -0.25) is 14.5 Å². The molecule has 1 fully saturated rings. The Bertz CT molecular complexity index is 761. The molecular formula is C17H17N3O3S. The van der Waals surface area contributed by atoms with Crippen LogP contribution in [0.5, 0.6) is 0 Å². The first-order chi connectivity index (χ1) is 11.5. The highest BCUT2D eigenvalue weighted by atomic mass is 32.1. The van der Waals surface area contributed by atoms with E-state index in [0.717, 1.165) is 9.78 Å². The average molecular weight is 343 g/mol. The first kappa shape index (κ1) is 16.2. The Morgan fingerprint density at radius 3 is 2.62 bits per heavy atom. The standard InChI is InChI=1S/C17H17N3O3S/c1-17(12-6-3-2-4-7-12)15(22)20(16(23)19-17)11-14(21)18-10-13-8-5-9-24-13/h2-9H,10-11H2,1H3,(H,18,21)(H,19,23)/t17-/m1/s1. The number of urea groups is 1. The molecule has 0 unspecified atom stereocenters. The molecule has 1 aromatic carbocycles. The molecule has 124 valence electrons. The predicted octanol–water partition coefficient (Wildman–Crippen LogP) is 1.83. The predicted molar refractivity (Wildman–Crippen MR) is 90.2 cm³/mol. The van der Waals surface area contributed by atoms with Crippen molar-refractivity contribution in [2.24, 2.45) is 0 Å². The fraction of sp³-hybridized carbons (Fsp3) is 0.235. The highest BCUT2D eigenvalue weighted by Gasteiger charge is 2.49. The van der Waals surface area contributed by atoms with Gasteiger partial charge in [0, 0.05) is 4.88 Å². The Hall–Kier alpha value is -2.67. The lowest BCUT2D eigenvalue weighted by Crippen LogP contribution is -2.43. The normalized spacial score (nSPS) is 20.1. The van der Waals surface area contributed by atoms with E-state index in [1.54, 1.807) is 31.2 Å². The van der Waals surface area contributed by atoms with E-state index >= 15 is 0 Å². The van der Waals surface area contributed by atoms with Crippen molar-refractivity contribution in [3.63, 3.8) is 0 Å². The van der Waals surface area contributed by atoms with Crippen molar-refractivity contribution >= 4 is 29.2 Å². The maximum absolute atomic E-state index is 12.7. The minimum atomic E-state index is -1.15. The van der Waals surface area contributed by atoms with Gasteiger partial charge in [0.1, 0.15) is 12.1 Å². The fourth-order valence-electron chi connectivity index (χ4n) is 2.61. The van der Waals surface area contributed by atoms with E-state index in [1.807, 2.05) is 23.6 Å². The fourth-order valence-corrected chi connectivity index (χ4v) is 3.25. The molecule has 24 heavy (non-hydrogen) atoms. The molecule has 3 rings (SSSR count). The highest BCUT2D eigenvalue weighted by molar-refractivity contribution is 7.09. The number of nitrogens with zero attached hydrogens (tertiary/aromatic N) is 1. The van der Waals surface area contributed by atoms with Gasteiger partial charge >= 0.3 is 6.03 Å². The summed E-state index contributed by atoms with van der Waals surface area (Å²) in [4.78, 5) is 38.8. The van der Waals surface area contributed by atoms with Gasteiger partial charge in [0.15, 0.2) is 0 Å². The van der Waals surface area contributed by atoms with Gasteiger partial charge in [-0.15, -0.1) is 11.3 Å². The van der Waals surface area contributed by atoms with Crippen LogP contribution < -0.4 is 10.6 Å². The van der Waals surface area contributed by atoms with E-state index in [4.69, 9.17) is 0 Å². The molecule has 0 spiro atoms. The van der Waals surface area contributed by atoms with E-state index < -0.39 is 17.5 Å². The minimum Gasteiger partial charge on any atom is -0.350 e. The van der Waals surface area contributed by atoms with Crippen molar-refractivity contribution in [1.82, 2.24) is 15.5 Å². The molecule has 2 aromatic rings. The van der Waals surface area contributed by atoms with Gasteiger partial charge < -0.3 is 10.6 Å². The SMILES string of the molecule is C[C@]1(c2ccccc2)NC(=O)N(CC(=O)NCc2cccs2)C1=O. The second kappa shape index (κ2) is 6.45. The lowest BCUT2D eigenvalue weighted by molar-refractivity contribution is -0.134. The van der Waals surface area contributed by atoms with Crippen LogP contribution in [-0.4, -0.2) is 29.3 Å². The summed E-state index contributed by atoms with van der Waals surface area (Å²) < 4.78 is 0. The molecule has 1 aromatic heterocycles. The number of hydrogen-bond acceptors (Lipinski definition) is 4. The molecule has 7 heteroatoms. The lowest BCUT2D eigenvalue weighted by Gasteiger charge is -2.22. The number of carbonyl (C=O) groups excluding carboxylic acids is 3. The molecule has 1 atom stereocenters.